The van der Waals surface area contributed by atoms with Gasteiger partial charge >= 0.3 is 5.97 Å². The van der Waals surface area contributed by atoms with Crippen LogP contribution in [0.3, 0.4) is 0 Å². The molecular weight excluding hydrogens is 574 g/mol. The van der Waals surface area contributed by atoms with Crippen LogP contribution in [0.5, 0.6) is 0 Å². The fourth-order valence-electron chi connectivity index (χ4n) is 4.77. The van der Waals surface area contributed by atoms with Gasteiger partial charge in [0.05, 0.1) is 18.3 Å². The van der Waals surface area contributed by atoms with Gasteiger partial charge in [0.25, 0.3) is 0 Å². The number of amides is 2. The van der Waals surface area contributed by atoms with Crippen molar-refractivity contribution in [2.24, 2.45) is 23.7 Å². The maximum Gasteiger partial charge on any atom is 0.308 e. The number of fused-ring (bicyclic) bond motifs is 5. The van der Waals surface area contributed by atoms with Crippen molar-refractivity contribution in [1.82, 2.24) is 4.90 Å². The Balaban J connectivity index is 1.30. The average Bonchev–Trinajstić information content (AvgIpc) is 3.30. The van der Waals surface area contributed by atoms with E-state index >= 15 is 0 Å². The molecule has 3 fully saturated rings. The van der Waals surface area contributed by atoms with Crippen molar-refractivity contribution < 1.29 is 23.9 Å². The smallest absolute Gasteiger partial charge is 0.308 e. The molecular formula is C20H18Br3NO5. The largest absolute Gasteiger partial charge is 0.457 e. The average molecular weight is 592 g/mol. The highest BCUT2D eigenvalue weighted by atomic mass is 79.9. The van der Waals surface area contributed by atoms with E-state index < -0.39 is 5.97 Å². The van der Waals surface area contributed by atoms with Gasteiger partial charge in [0.2, 0.25) is 11.8 Å². The summed E-state index contributed by atoms with van der Waals surface area (Å²) in [4.78, 5) is 51.3. The van der Waals surface area contributed by atoms with E-state index in [2.05, 4.69) is 47.8 Å². The third-order valence-corrected chi connectivity index (χ3v) is 9.88. The second-order valence-electron chi connectivity index (χ2n) is 7.67. The van der Waals surface area contributed by atoms with Gasteiger partial charge in [-0.1, -0.05) is 59.9 Å². The molecule has 0 unspecified atom stereocenters. The highest BCUT2D eigenvalue weighted by molar-refractivity contribution is 9.12. The molecule has 1 aliphatic heterocycles. The number of nitrogens with zero attached hydrogens (tertiary/aromatic N) is 1. The molecule has 3 aliphatic rings. The Morgan fingerprint density at radius 2 is 1.55 bits per heavy atom. The van der Waals surface area contributed by atoms with Crippen LogP contribution in [0.4, 0.5) is 0 Å². The molecule has 4 rings (SSSR count). The molecule has 1 heterocycles. The minimum Gasteiger partial charge on any atom is -0.457 e. The van der Waals surface area contributed by atoms with E-state index in [4.69, 9.17) is 4.74 Å². The van der Waals surface area contributed by atoms with Crippen LogP contribution in [-0.4, -0.2) is 51.3 Å². The lowest BCUT2D eigenvalue weighted by Crippen LogP contribution is -2.37. The Labute approximate surface area is 193 Å². The lowest BCUT2D eigenvalue weighted by atomic mass is 9.81. The van der Waals surface area contributed by atoms with Crippen molar-refractivity contribution >= 4 is 71.4 Å². The minimum absolute atomic E-state index is 0.00464. The van der Waals surface area contributed by atoms with Crippen LogP contribution >= 0.6 is 47.8 Å². The topological polar surface area (TPSA) is 80.8 Å². The van der Waals surface area contributed by atoms with Crippen molar-refractivity contribution in [2.75, 3.05) is 13.2 Å². The Kier molecular flexibility index (Phi) is 6.01. The highest BCUT2D eigenvalue weighted by Gasteiger charge is 2.66. The zero-order chi connectivity index (χ0) is 20.9. The summed E-state index contributed by atoms with van der Waals surface area (Å²) in [5.41, 5.74) is 0.447. The number of carbonyl (C=O) groups excluding carboxylic acids is 4. The zero-order valence-electron chi connectivity index (χ0n) is 15.2. The fourth-order valence-corrected chi connectivity index (χ4v) is 6.91. The molecule has 0 aromatic heterocycles. The fraction of sp³-hybridized carbons (Fsp3) is 0.500. The molecule has 9 heteroatoms. The van der Waals surface area contributed by atoms with E-state index in [9.17, 15) is 19.2 Å². The Morgan fingerprint density at radius 3 is 2.10 bits per heavy atom. The predicted molar refractivity (Wildman–Crippen MR) is 115 cm³/mol. The van der Waals surface area contributed by atoms with Gasteiger partial charge in [-0.3, -0.25) is 24.1 Å². The number of carbonyl (C=O) groups is 4. The number of ketones is 1. The summed E-state index contributed by atoms with van der Waals surface area (Å²) in [7, 11) is 0. The monoisotopic (exact) mass is 589 g/mol. The van der Waals surface area contributed by atoms with Crippen LogP contribution in [0.2, 0.25) is 0 Å². The highest BCUT2D eigenvalue weighted by Crippen LogP contribution is 2.60. The molecule has 0 radical (unpaired) electrons. The van der Waals surface area contributed by atoms with Crippen molar-refractivity contribution in [1.29, 1.82) is 0 Å². The number of likely N-dealkylation sites (tertiary alicyclic amines) is 1. The van der Waals surface area contributed by atoms with Crippen molar-refractivity contribution in [3.05, 3.63) is 34.3 Å². The Hall–Kier alpha value is -1.06. The minimum atomic E-state index is -0.604. The lowest BCUT2D eigenvalue weighted by molar-refractivity contribution is -0.145. The summed E-state index contributed by atoms with van der Waals surface area (Å²) >= 11 is 10.6. The number of halogens is 3. The summed E-state index contributed by atoms with van der Waals surface area (Å²) in [6, 6.07) is 6.75. The maximum absolute atomic E-state index is 12.8. The molecule has 6 atom stereocenters. The second-order valence-corrected chi connectivity index (χ2v) is 10.7. The summed E-state index contributed by atoms with van der Waals surface area (Å²) < 4.78 is 5.89. The number of Topliss-reactive ketones (excluding diaryl/α,β-unsaturated/α-hetero) is 1. The normalized spacial score (nSPS) is 32.6. The first kappa shape index (κ1) is 21.2. The van der Waals surface area contributed by atoms with Crippen LogP contribution < -0.4 is 0 Å². The van der Waals surface area contributed by atoms with Gasteiger partial charge in [-0.05, 0) is 30.4 Å². The standard InChI is InChI=1S/C20H18Br3NO5/c21-10-3-1-9(2-4-10)13(25)8-29-14(26)5-6-24-19(27)15-11-7-12(16(15)20(24)28)18(23)17(11)22/h1-4,11-12,15-18H,5-8H2/t11-,12+,15-,16+,17-,18+. The van der Waals surface area contributed by atoms with E-state index in [0.29, 0.717) is 5.56 Å². The molecule has 0 N–H and O–H groups in total. The first-order chi connectivity index (χ1) is 13.8. The Bertz CT molecular complexity index is 841. The summed E-state index contributed by atoms with van der Waals surface area (Å²) in [5.74, 6) is -1.58. The molecule has 2 saturated carbocycles. The van der Waals surface area contributed by atoms with Crippen LogP contribution in [0.25, 0.3) is 0 Å². The van der Waals surface area contributed by atoms with Gasteiger partial charge in [-0.15, -0.1) is 0 Å². The summed E-state index contributed by atoms with van der Waals surface area (Å²) in [5, 5.41) is 0. The van der Waals surface area contributed by atoms with Gasteiger partial charge in [0.15, 0.2) is 12.4 Å². The number of alkyl halides is 2. The van der Waals surface area contributed by atoms with Crippen molar-refractivity contribution in [2.45, 2.75) is 22.5 Å². The molecule has 6 nitrogen and oxygen atoms in total. The molecule has 2 amide bonds. The number of esters is 1. The number of imide groups is 1. The van der Waals surface area contributed by atoms with Gasteiger partial charge in [-0.25, -0.2) is 0 Å². The molecule has 1 aromatic carbocycles. The molecule has 29 heavy (non-hydrogen) atoms. The van der Waals surface area contributed by atoms with Crippen molar-refractivity contribution in [3.63, 3.8) is 0 Å². The number of benzene rings is 1. The molecule has 0 spiro atoms. The van der Waals surface area contributed by atoms with Crippen molar-refractivity contribution in [3.8, 4) is 0 Å². The molecule has 2 bridgehead atoms. The first-order valence-corrected chi connectivity index (χ1v) is 12.0. The quantitative estimate of drug-likeness (QED) is 0.219. The van der Waals surface area contributed by atoms with E-state index in [1.165, 1.54) is 4.90 Å². The van der Waals surface area contributed by atoms with E-state index in [1.807, 2.05) is 0 Å². The van der Waals surface area contributed by atoms with Gasteiger partial charge in [0, 0.05) is 26.2 Å². The third-order valence-electron chi connectivity index (χ3n) is 6.15. The van der Waals surface area contributed by atoms with E-state index in [-0.39, 0.29) is 70.5 Å². The summed E-state index contributed by atoms with van der Waals surface area (Å²) in [6.45, 7) is -0.371. The first-order valence-electron chi connectivity index (χ1n) is 9.37. The van der Waals surface area contributed by atoms with Gasteiger partial charge in [0.1, 0.15) is 0 Å². The second kappa shape index (κ2) is 8.23. The molecule has 1 saturated heterocycles. The number of ether oxygens (including phenoxy) is 1. The molecule has 1 aromatic rings. The zero-order valence-corrected chi connectivity index (χ0v) is 20.0. The van der Waals surface area contributed by atoms with Gasteiger partial charge in [-0.2, -0.15) is 0 Å². The third kappa shape index (κ3) is 3.74. The molecule has 2 aliphatic carbocycles. The lowest BCUT2D eigenvalue weighted by Gasteiger charge is -2.28. The van der Waals surface area contributed by atoms with Crippen LogP contribution in [0.1, 0.15) is 23.2 Å². The van der Waals surface area contributed by atoms with E-state index in [0.717, 1.165) is 10.9 Å². The summed E-state index contributed by atoms with van der Waals surface area (Å²) in [6.07, 6.45) is 0.752. The van der Waals surface area contributed by atoms with Crippen LogP contribution in [0.15, 0.2) is 28.7 Å². The number of hydrogen-bond donors (Lipinski definition) is 0. The van der Waals surface area contributed by atoms with Gasteiger partial charge < -0.3 is 4.74 Å². The van der Waals surface area contributed by atoms with E-state index in [1.54, 1.807) is 24.3 Å². The number of hydrogen-bond acceptors (Lipinski definition) is 5. The van der Waals surface area contributed by atoms with Crippen LogP contribution in [-0.2, 0) is 19.1 Å². The number of rotatable bonds is 6. The maximum atomic E-state index is 12.8. The SMILES string of the molecule is O=C(CCN1C(=O)[C@@H]2[C@H]3C[C@H]([C@H](Br)[C@@H]3Br)[C@@H]2C1=O)OCC(=O)c1ccc(Br)cc1. The molecule has 154 valence electrons. The van der Waals surface area contributed by atoms with Crippen LogP contribution in [0, 0.1) is 23.7 Å². The Morgan fingerprint density at radius 1 is 1.00 bits per heavy atom. The predicted octanol–water partition coefficient (Wildman–Crippen LogP) is 3.34.